The molecule has 1 aromatic heterocycles. The average molecular weight is 289 g/mol. The molecule has 0 spiro atoms. The van der Waals surface area contributed by atoms with Gasteiger partial charge < -0.3 is 14.8 Å². The summed E-state index contributed by atoms with van der Waals surface area (Å²) in [7, 11) is 3.31. The maximum absolute atomic E-state index is 5.42. The molecule has 5 nitrogen and oxygen atoms in total. The van der Waals surface area contributed by atoms with Crippen LogP contribution >= 0.6 is 0 Å². The molecule has 0 saturated heterocycles. The summed E-state index contributed by atoms with van der Waals surface area (Å²) in [5.74, 6) is 1.48. The second-order valence-corrected chi connectivity index (χ2v) is 4.73. The van der Waals surface area contributed by atoms with E-state index in [1.165, 1.54) is 5.56 Å². The summed E-state index contributed by atoms with van der Waals surface area (Å²) in [6, 6.07) is 4.04. The summed E-state index contributed by atoms with van der Waals surface area (Å²) in [5.41, 5.74) is 3.38. The lowest BCUT2D eigenvalue weighted by molar-refractivity contribution is 0.354. The minimum Gasteiger partial charge on any atom is -0.493 e. The summed E-state index contributed by atoms with van der Waals surface area (Å²) < 4.78 is 12.7. The Kier molecular flexibility index (Phi) is 5.22. The van der Waals surface area contributed by atoms with Gasteiger partial charge in [-0.15, -0.1) is 0 Å². The molecule has 0 aliphatic heterocycles. The zero-order valence-electron chi connectivity index (χ0n) is 13.1. The Morgan fingerprint density at radius 1 is 1.14 bits per heavy atom. The van der Waals surface area contributed by atoms with Gasteiger partial charge in [0, 0.05) is 24.8 Å². The van der Waals surface area contributed by atoms with Crippen molar-refractivity contribution < 1.29 is 9.47 Å². The first-order valence-electron chi connectivity index (χ1n) is 7.21. The van der Waals surface area contributed by atoms with Crippen LogP contribution in [-0.2, 0) is 13.1 Å². The smallest absolute Gasteiger partial charge is 0.161 e. The van der Waals surface area contributed by atoms with Gasteiger partial charge in [0.2, 0.25) is 0 Å². The van der Waals surface area contributed by atoms with Gasteiger partial charge in [0.1, 0.15) is 0 Å². The van der Waals surface area contributed by atoms with E-state index in [9.17, 15) is 0 Å². The van der Waals surface area contributed by atoms with Crippen molar-refractivity contribution in [3.8, 4) is 22.6 Å². The Hall–Kier alpha value is -2.01. The van der Waals surface area contributed by atoms with E-state index in [4.69, 9.17) is 9.47 Å². The number of benzene rings is 1. The third-order valence-electron chi connectivity index (χ3n) is 3.44. The monoisotopic (exact) mass is 289 g/mol. The SMILES string of the molecule is CCNCc1cc(OC)c(OC)cc1-c1cnn(CC)c1. The van der Waals surface area contributed by atoms with Crippen LogP contribution in [0, 0.1) is 0 Å². The van der Waals surface area contributed by atoms with Crippen LogP contribution in [0.1, 0.15) is 19.4 Å². The van der Waals surface area contributed by atoms with E-state index < -0.39 is 0 Å². The number of nitrogens with one attached hydrogen (secondary N) is 1. The first-order chi connectivity index (χ1) is 10.2. The van der Waals surface area contributed by atoms with Gasteiger partial charge in [-0.05, 0) is 36.7 Å². The van der Waals surface area contributed by atoms with Crippen molar-refractivity contribution in [2.45, 2.75) is 26.9 Å². The molecular formula is C16H23N3O2. The minimum atomic E-state index is 0.733. The Balaban J connectivity index is 2.49. The molecule has 1 aromatic carbocycles. The molecule has 2 rings (SSSR count). The van der Waals surface area contributed by atoms with Crippen molar-refractivity contribution in [2.75, 3.05) is 20.8 Å². The number of aromatic nitrogens is 2. The lowest BCUT2D eigenvalue weighted by Crippen LogP contribution is -2.12. The van der Waals surface area contributed by atoms with E-state index in [-0.39, 0.29) is 0 Å². The summed E-state index contributed by atoms with van der Waals surface area (Å²) in [5, 5.41) is 7.72. The van der Waals surface area contributed by atoms with Gasteiger partial charge in [-0.1, -0.05) is 6.92 Å². The highest BCUT2D eigenvalue weighted by molar-refractivity contribution is 5.70. The Morgan fingerprint density at radius 2 is 1.86 bits per heavy atom. The molecule has 0 atom stereocenters. The van der Waals surface area contributed by atoms with Crippen molar-refractivity contribution in [2.24, 2.45) is 0 Å². The van der Waals surface area contributed by atoms with Crippen molar-refractivity contribution in [3.05, 3.63) is 30.1 Å². The van der Waals surface area contributed by atoms with Crippen molar-refractivity contribution in [1.82, 2.24) is 15.1 Å². The fourth-order valence-electron chi connectivity index (χ4n) is 2.27. The van der Waals surface area contributed by atoms with E-state index in [0.717, 1.165) is 42.3 Å². The molecule has 2 aromatic rings. The summed E-state index contributed by atoms with van der Waals surface area (Å²) in [4.78, 5) is 0. The molecule has 0 bridgehead atoms. The normalized spacial score (nSPS) is 10.7. The van der Waals surface area contributed by atoms with Crippen LogP contribution in [0.25, 0.3) is 11.1 Å². The third-order valence-corrected chi connectivity index (χ3v) is 3.44. The molecule has 0 radical (unpaired) electrons. The van der Waals surface area contributed by atoms with Gasteiger partial charge in [-0.25, -0.2) is 0 Å². The predicted molar refractivity (Wildman–Crippen MR) is 83.8 cm³/mol. The number of rotatable bonds is 7. The second-order valence-electron chi connectivity index (χ2n) is 4.73. The first kappa shape index (κ1) is 15.4. The van der Waals surface area contributed by atoms with Crippen molar-refractivity contribution in [3.63, 3.8) is 0 Å². The highest BCUT2D eigenvalue weighted by atomic mass is 16.5. The van der Waals surface area contributed by atoms with E-state index in [1.807, 2.05) is 23.0 Å². The summed E-state index contributed by atoms with van der Waals surface area (Å²) >= 11 is 0. The number of ether oxygens (including phenoxy) is 2. The standard InChI is InChI=1S/C16H23N3O2/c1-5-17-9-12-7-15(20-3)16(21-4)8-14(12)13-10-18-19(6-2)11-13/h7-8,10-11,17H,5-6,9H2,1-4H3. The molecule has 0 unspecified atom stereocenters. The molecule has 1 heterocycles. The predicted octanol–water partition coefficient (Wildman–Crippen LogP) is 2.70. The van der Waals surface area contributed by atoms with Crippen LogP contribution in [0.4, 0.5) is 0 Å². The molecule has 0 aliphatic carbocycles. The summed E-state index contributed by atoms with van der Waals surface area (Å²) in [6.45, 7) is 6.72. The molecule has 0 amide bonds. The van der Waals surface area contributed by atoms with Gasteiger partial charge in [-0.2, -0.15) is 5.10 Å². The molecule has 21 heavy (non-hydrogen) atoms. The average Bonchev–Trinajstić information content (AvgIpc) is 3.00. The first-order valence-corrected chi connectivity index (χ1v) is 7.21. The molecule has 0 fully saturated rings. The molecule has 1 N–H and O–H groups in total. The summed E-state index contributed by atoms with van der Waals surface area (Å²) in [6.07, 6.45) is 3.94. The number of aryl methyl sites for hydroxylation is 1. The zero-order chi connectivity index (χ0) is 15.2. The highest BCUT2D eigenvalue weighted by Gasteiger charge is 2.13. The Morgan fingerprint density at radius 3 is 2.43 bits per heavy atom. The van der Waals surface area contributed by atoms with Crippen LogP contribution in [0.3, 0.4) is 0 Å². The minimum absolute atomic E-state index is 0.733. The van der Waals surface area contributed by atoms with E-state index in [0.29, 0.717) is 0 Å². The van der Waals surface area contributed by atoms with Crippen LogP contribution in [0.5, 0.6) is 11.5 Å². The van der Waals surface area contributed by atoms with Gasteiger partial charge in [0.05, 0.1) is 20.4 Å². The highest BCUT2D eigenvalue weighted by Crippen LogP contribution is 2.35. The molecular weight excluding hydrogens is 266 g/mol. The number of hydrogen-bond donors (Lipinski definition) is 1. The lowest BCUT2D eigenvalue weighted by atomic mass is 10.0. The van der Waals surface area contributed by atoms with Crippen molar-refractivity contribution in [1.29, 1.82) is 0 Å². The number of hydrogen-bond acceptors (Lipinski definition) is 4. The molecule has 5 heteroatoms. The van der Waals surface area contributed by atoms with E-state index >= 15 is 0 Å². The number of methoxy groups -OCH3 is 2. The quantitative estimate of drug-likeness (QED) is 0.851. The number of nitrogens with zero attached hydrogens (tertiary/aromatic N) is 2. The largest absolute Gasteiger partial charge is 0.493 e. The Labute approximate surface area is 125 Å². The topological polar surface area (TPSA) is 48.3 Å². The maximum Gasteiger partial charge on any atom is 0.161 e. The van der Waals surface area contributed by atoms with Gasteiger partial charge >= 0.3 is 0 Å². The van der Waals surface area contributed by atoms with Crippen LogP contribution in [0.15, 0.2) is 24.5 Å². The van der Waals surface area contributed by atoms with E-state index in [2.05, 4.69) is 30.5 Å². The molecule has 0 aliphatic rings. The van der Waals surface area contributed by atoms with Gasteiger partial charge in [-0.3, -0.25) is 4.68 Å². The lowest BCUT2D eigenvalue weighted by Gasteiger charge is -2.14. The van der Waals surface area contributed by atoms with Crippen molar-refractivity contribution >= 4 is 0 Å². The van der Waals surface area contributed by atoms with E-state index in [1.54, 1.807) is 14.2 Å². The second kappa shape index (κ2) is 7.13. The van der Waals surface area contributed by atoms with Gasteiger partial charge in [0.25, 0.3) is 0 Å². The van der Waals surface area contributed by atoms with Crippen LogP contribution in [0.2, 0.25) is 0 Å². The fourth-order valence-corrected chi connectivity index (χ4v) is 2.27. The zero-order valence-corrected chi connectivity index (χ0v) is 13.1. The third kappa shape index (κ3) is 3.36. The van der Waals surface area contributed by atoms with Gasteiger partial charge in [0.15, 0.2) is 11.5 Å². The molecule has 114 valence electrons. The van der Waals surface area contributed by atoms with Crippen LogP contribution in [-0.4, -0.2) is 30.5 Å². The Bertz CT molecular complexity index is 593. The maximum atomic E-state index is 5.42. The molecule has 0 saturated carbocycles. The fraction of sp³-hybridized carbons (Fsp3) is 0.438. The van der Waals surface area contributed by atoms with Crippen LogP contribution < -0.4 is 14.8 Å².